The molecule has 7 heteroatoms. The molecule has 0 fully saturated rings. The highest BCUT2D eigenvalue weighted by molar-refractivity contribution is 6.00. The summed E-state index contributed by atoms with van der Waals surface area (Å²) in [5, 5.41) is 9.29. The van der Waals surface area contributed by atoms with E-state index in [1.807, 2.05) is 0 Å². The number of alkyl halides is 3. The molecular formula is C13H17F3O4. The number of carbonyl (C=O) groups excluding carboxylic acids is 2. The molecule has 0 unspecified atom stereocenters. The van der Waals surface area contributed by atoms with Crippen LogP contribution in [0.25, 0.3) is 0 Å². The van der Waals surface area contributed by atoms with E-state index in [1.165, 1.54) is 20.8 Å². The Kier molecular flexibility index (Phi) is 5.56. The summed E-state index contributed by atoms with van der Waals surface area (Å²) in [6.45, 7) is 5.22. The lowest BCUT2D eigenvalue weighted by molar-refractivity contribution is -0.138. The predicted molar refractivity (Wildman–Crippen MR) is 65.9 cm³/mol. The van der Waals surface area contributed by atoms with Gasteiger partial charge in [-0.05, 0) is 13.0 Å². The fourth-order valence-electron chi connectivity index (χ4n) is 1.20. The highest BCUT2D eigenvalue weighted by Gasteiger charge is 2.41. The van der Waals surface area contributed by atoms with Crippen LogP contribution in [-0.2, 0) is 14.3 Å². The molecule has 0 aliphatic heterocycles. The fourth-order valence-corrected chi connectivity index (χ4v) is 1.20. The Bertz CT molecular complexity index is 461. The molecule has 114 valence electrons. The van der Waals surface area contributed by atoms with E-state index in [1.54, 1.807) is 0 Å². The zero-order valence-corrected chi connectivity index (χ0v) is 11.9. The van der Waals surface area contributed by atoms with Crippen molar-refractivity contribution in [3.8, 4) is 0 Å². The van der Waals surface area contributed by atoms with Gasteiger partial charge in [-0.25, -0.2) is 4.79 Å². The van der Waals surface area contributed by atoms with Crippen LogP contribution in [0.3, 0.4) is 0 Å². The van der Waals surface area contributed by atoms with E-state index in [9.17, 15) is 27.9 Å². The van der Waals surface area contributed by atoms with Crippen LogP contribution in [0.1, 0.15) is 27.7 Å². The van der Waals surface area contributed by atoms with Gasteiger partial charge in [0.1, 0.15) is 11.3 Å². The third kappa shape index (κ3) is 4.71. The standard InChI is InChI=1S/C13H17F3O4/c1-7(17)10(11(19)20-5)8(13(14,15)16)6-9(18)12(2,3)4/h6,17H,1-5H3/b8-6+,10-7+. The van der Waals surface area contributed by atoms with Crippen molar-refractivity contribution in [1.82, 2.24) is 0 Å². The van der Waals surface area contributed by atoms with Crippen LogP contribution in [0.2, 0.25) is 0 Å². The Hall–Kier alpha value is -1.79. The zero-order valence-electron chi connectivity index (χ0n) is 11.9. The Morgan fingerprint density at radius 1 is 1.15 bits per heavy atom. The zero-order chi connectivity index (χ0) is 16.3. The van der Waals surface area contributed by atoms with E-state index in [4.69, 9.17) is 0 Å². The molecule has 0 amide bonds. The van der Waals surface area contributed by atoms with Crippen molar-refractivity contribution in [2.24, 2.45) is 5.41 Å². The van der Waals surface area contributed by atoms with Crippen molar-refractivity contribution in [3.63, 3.8) is 0 Å². The maximum Gasteiger partial charge on any atom is 0.417 e. The number of aliphatic hydroxyl groups excluding tert-OH is 1. The molecule has 0 rings (SSSR count). The van der Waals surface area contributed by atoms with Crippen molar-refractivity contribution in [3.05, 3.63) is 23.0 Å². The molecule has 0 aliphatic rings. The van der Waals surface area contributed by atoms with Gasteiger partial charge >= 0.3 is 12.1 Å². The molecule has 0 spiro atoms. The van der Waals surface area contributed by atoms with Crippen LogP contribution in [0.4, 0.5) is 13.2 Å². The molecule has 0 aromatic heterocycles. The summed E-state index contributed by atoms with van der Waals surface area (Å²) in [6, 6.07) is 0. The molecule has 0 heterocycles. The van der Waals surface area contributed by atoms with E-state index >= 15 is 0 Å². The predicted octanol–water partition coefficient (Wildman–Crippen LogP) is 3.10. The van der Waals surface area contributed by atoms with Crippen LogP contribution in [0.15, 0.2) is 23.0 Å². The molecule has 0 saturated carbocycles. The summed E-state index contributed by atoms with van der Waals surface area (Å²) < 4.78 is 43.2. The first-order valence-electron chi connectivity index (χ1n) is 5.64. The monoisotopic (exact) mass is 294 g/mol. The van der Waals surface area contributed by atoms with Gasteiger partial charge in [0.15, 0.2) is 5.78 Å². The molecule has 0 radical (unpaired) electrons. The van der Waals surface area contributed by atoms with Gasteiger partial charge in [-0.3, -0.25) is 4.79 Å². The van der Waals surface area contributed by atoms with E-state index in [0.29, 0.717) is 6.08 Å². The SMILES string of the molecule is COC(=O)C(/C(=C\C(=O)C(C)(C)C)C(F)(F)F)=C(\C)O. The van der Waals surface area contributed by atoms with Gasteiger partial charge in [-0.15, -0.1) is 0 Å². The lowest BCUT2D eigenvalue weighted by atomic mass is 9.88. The number of halogens is 3. The van der Waals surface area contributed by atoms with E-state index in [0.717, 1.165) is 14.0 Å². The molecule has 20 heavy (non-hydrogen) atoms. The average Bonchev–Trinajstić information content (AvgIpc) is 2.24. The van der Waals surface area contributed by atoms with E-state index in [2.05, 4.69) is 4.74 Å². The van der Waals surface area contributed by atoms with Crippen molar-refractivity contribution >= 4 is 11.8 Å². The number of hydrogen-bond donors (Lipinski definition) is 1. The molecule has 0 atom stereocenters. The molecular weight excluding hydrogens is 277 g/mol. The quantitative estimate of drug-likeness (QED) is 0.376. The second kappa shape index (κ2) is 6.11. The summed E-state index contributed by atoms with van der Waals surface area (Å²) in [5.41, 5.74) is -3.65. The molecule has 0 aliphatic carbocycles. The molecule has 1 N–H and O–H groups in total. The minimum absolute atomic E-state index is 0.311. The maximum atomic E-state index is 13.0. The topological polar surface area (TPSA) is 63.6 Å². The summed E-state index contributed by atoms with van der Waals surface area (Å²) >= 11 is 0. The number of allylic oxidation sites excluding steroid dienone is 2. The maximum absolute atomic E-state index is 13.0. The van der Waals surface area contributed by atoms with Crippen LogP contribution in [0, 0.1) is 5.41 Å². The first-order chi connectivity index (χ1) is 8.82. The summed E-state index contributed by atoms with van der Waals surface area (Å²) in [6.07, 6.45) is -4.67. The Morgan fingerprint density at radius 3 is 1.85 bits per heavy atom. The number of ketones is 1. The number of aliphatic hydroxyl groups is 1. The van der Waals surface area contributed by atoms with Gasteiger partial charge in [0.25, 0.3) is 0 Å². The van der Waals surface area contributed by atoms with Crippen molar-refractivity contribution < 1.29 is 32.6 Å². The molecule has 0 bridgehead atoms. The molecule has 0 aromatic carbocycles. The van der Waals surface area contributed by atoms with Crippen molar-refractivity contribution in [1.29, 1.82) is 0 Å². The average molecular weight is 294 g/mol. The Labute approximate surface area is 114 Å². The van der Waals surface area contributed by atoms with E-state index < -0.39 is 40.2 Å². The highest BCUT2D eigenvalue weighted by Crippen LogP contribution is 2.34. The number of ether oxygens (including phenoxy) is 1. The van der Waals surface area contributed by atoms with Crippen molar-refractivity contribution in [2.75, 3.05) is 7.11 Å². The van der Waals surface area contributed by atoms with Crippen LogP contribution in [-0.4, -0.2) is 30.1 Å². The minimum atomic E-state index is -4.98. The third-order valence-electron chi connectivity index (χ3n) is 2.34. The van der Waals surface area contributed by atoms with Gasteiger partial charge < -0.3 is 9.84 Å². The van der Waals surface area contributed by atoms with E-state index in [-0.39, 0.29) is 0 Å². The second-order valence-corrected chi connectivity index (χ2v) is 5.12. The summed E-state index contributed by atoms with van der Waals surface area (Å²) in [7, 11) is 0.880. The number of hydrogen-bond acceptors (Lipinski definition) is 4. The van der Waals surface area contributed by atoms with Crippen LogP contribution >= 0.6 is 0 Å². The second-order valence-electron chi connectivity index (χ2n) is 5.12. The first kappa shape index (κ1) is 18.2. The number of esters is 1. The molecule has 4 nitrogen and oxygen atoms in total. The first-order valence-corrected chi connectivity index (χ1v) is 5.64. The summed E-state index contributed by atoms with van der Waals surface area (Å²) in [4.78, 5) is 23.1. The lowest BCUT2D eigenvalue weighted by Gasteiger charge is -2.18. The third-order valence-corrected chi connectivity index (χ3v) is 2.34. The van der Waals surface area contributed by atoms with Crippen molar-refractivity contribution in [2.45, 2.75) is 33.9 Å². The number of methoxy groups -OCH3 is 1. The largest absolute Gasteiger partial charge is 0.512 e. The van der Waals surface area contributed by atoms with Gasteiger partial charge in [0, 0.05) is 5.41 Å². The minimum Gasteiger partial charge on any atom is -0.512 e. The highest BCUT2D eigenvalue weighted by atomic mass is 19.4. The normalized spacial score (nSPS) is 14.7. The van der Waals surface area contributed by atoms with Gasteiger partial charge in [0.2, 0.25) is 0 Å². The lowest BCUT2D eigenvalue weighted by Crippen LogP contribution is -2.25. The van der Waals surface area contributed by atoms with Gasteiger partial charge in [0.05, 0.1) is 12.7 Å². The smallest absolute Gasteiger partial charge is 0.417 e. The molecule has 0 aromatic rings. The van der Waals surface area contributed by atoms with Crippen LogP contribution < -0.4 is 0 Å². The number of rotatable bonds is 3. The number of carbonyl (C=O) groups is 2. The van der Waals surface area contributed by atoms with Crippen LogP contribution in [0.5, 0.6) is 0 Å². The van der Waals surface area contributed by atoms with Gasteiger partial charge in [-0.2, -0.15) is 13.2 Å². The Morgan fingerprint density at radius 2 is 1.60 bits per heavy atom. The fraction of sp³-hybridized carbons (Fsp3) is 0.538. The molecule has 0 saturated heterocycles. The summed E-state index contributed by atoms with van der Waals surface area (Å²) in [5.74, 6) is -3.06. The van der Waals surface area contributed by atoms with Gasteiger partial charge in [-0.1, -0.05) is 20.8 Å². The Balaban J connectivity index is 6.09.